The fraction of sp³-hybridized carbons (Fsp3) is 0.600. The number of carbonyl (C=O) groups excluding carboxylic acids is 2. The van der Waals surface area contributed by atoms with Crippen molar-refractivity contribution in [3.05, 3.63) is 29.8 Å². The lowest BCUT2D eigenvalue weighted by Crippen LogP contribution is -2.27. The molecule has 1 fully saturated rings. The second-order valence-corrected chi connectivity index (χ2v) is 6.65. The van der Waals surface area contributed by atoms with Crippen LogP contribution in [0.15, 0.2) is 24.3 Å². The lowest BCUT2D eigenvalue weighted by molar-refractivity contribution is -0.121. The molecule has 0 bridgehead atoms. The second-order valence-electron chi connectivity index (χ2n) is 6.65. The van der Waals surface area contributed by atoms with Crippen LogP contribution in [-0.2, 0) is 9.53 Å². The zero-order valence-corrected chi connectivity index (χ0v) is 14.8. The number of ether oxygens (including phenoxy) is 1. The van der Waals surface area contributed by atoms with Crippen molar-refractivity contribution in [3.8, 4) is 0 Å². The van der Waals surface area contributed by atoms with E-state index in [4.69, 9.17) is 4.74 Å². The van der Waals surface area contributed by atoms with Gasteiger partial charge >= 0.3 is 5.97 Å². The number of hydrogen-bond acceptors (Lipinski definition) is 3. The molecule has 0 atom stereocenters. The van der Waals surface area contributed by atoms with Gasteiger partial charge in [0.2, 0.25) is 5.91 Å². The molecule has 0 radical (unpaired) electrons. The van der Waals surface area contributed by atoms with Gasteiger partial charge in [-0.2, -0.15) is 0 Å². The van der Waals surface area contributed by atoms with Crippen molar-refractivity contribution >= 4 is 17.6 Å². The molecule has 1 aromatic rings. The number of hydrogen-bond donors (Lipinski definition) is 1. The van der Waals surface area contributed by atoms with Crippen molar-refractivity contribution in [2.45, 2.75) is 58.8 Å². The van der Waals surface area contributed by atoms with Gasteiger partial charge in [0.05, 0.1) is 12.2 Å². The molecule has 4 heteroatoms. The van der Waals surface area contributed by atoms with E-state index in [0.717, 1.165) is 24.4 Å². The van der Waals surface area contributed by atoms with Gasteiger partial charge < -0.3 is 10.1 Å². The number of benzene rings is 1. The van der Waals surface area contributed by atoms with E-state index >= 15 is 0 Å². The van der Waals surface area contributed by atoms with Crippen LogP contribution in [0, 0.1) is 11.8 Å². The maximum atomic E-state index is 12.4. The molecule has 1 aliphatic rings. The third-order valence-corrected chi connectivity index (χ3v) is 4.85. The van der Waals surface area contributed by atoms with Crippen LogP contribution in [0.2, 0.25) is 0 Å². The van der Waals surface area contributed by atoms with Gasteiger partial charge in [-0.05, 0) is 62.8 Å². The molecular formula is C20H29NO3. The number of anilines is 1. The standard InChI is InChI=1S/C20H29NO3/c1-3-5-6-15-7-9-16(10-8-15)19(22)21-18-13-11-17(12-14-18)20(23)24-4-2/h11-16H,3-10H2,1-2H3,(H,21,22). The highest BCUT2D eigenvalue weighted by Crippen LogP contribution is 2.32. The Morgan fingerprint density at radius 1 is 1.08 bits per heavy atom. The Labute approximate surface area is 145 Å². The minimum atomic E-state index is -0.333. The summed E-state index contributed by atoms with van der Waals surface area (Å²) in [6, 6.07) is 6.90. The fourth-order valence-electron chi connectivity index (χ4n) is 3.35. The van der Waals surface area contributed by atoms with Crippen LogP contribution in [0.25, 0.3) is 0 Å². The van der Waals surface area contributed by atoms with Crippen molar-refractivity contribution in [1.29, 1.82) is 0 Å². The van der Waals surface area contributed by atoms with E-state index < -0.39 is 0 Å². The minimum Gasteiger partial charge on any atom is -0.462 e. The number of amides is 1. The molecule has 1 saturated carbocycles. The van der Waals surface area contributed by atoms with E-state index in [0.29, 0.717) is 12.2 Å². The first-order valence-electron chi connectivity index (χ1n) is 9.22. The molecule has 0 aromatic heterocycles. The third kappa shape index (κ3) is 5.36. The van der Waals surface area contributed by atoms with Gasteiger partial charge in [-0.15, -0.1) is 0 Å². The van der Waals surface area contributed by atoms with Gasteiger partial charge in [0.15, 0.2) is 0 Å². The lowest BCUT2D eigenvalue weighted by Gasteiger charge is -2.27. The summed E-state index contributed by atoms with van der Waals surface area (Å²) < 4.78 is 4.96. The molecule has 1 aliphatic carbocycles. The summed E-state index contributed by atoms with van der Waals surface area (Å²) >= 11 is 0. The highest BCUT2D eigenvalue weighted by atomic mass is 16.5. The van der Waals surface area contributed by atoms with Gasteiger partial charge in [0.1, 0.15) is 0 Å². The molecule has 0 aliphatic heterocycles. The summed E-state index contributed by atoms with van der Waals surface area (Å²) in [5.74, 6) is 0.694. The van der Waals surface area contributed by atoms with Gasteiger partial charge in [-0.1, -0.05) is 26.2 Å². The van der Waals surface area contributed by atoms with Crippen LogP contribution >= 0.6 is 0 Å². The number of esters is 1. The van der Waals surface area contributed by atoms with Crippen LogP contribution in [-0.4, -0.2) is 18.5 Å². The Kier molecular flexibility index (Phi) is 7.29. The second kappa shape index (κ2) is 9.45. The van der Waals surface area contributed by atoms with Gasteiger partial charge in [-0.3, -0.25) is 4.79 Å². The first-order chi connectivity index (χ1) is 11.6. The van der Waals surface area contributed by atoms with Crippen LogP contribution in [0.1, 0.15) is 69.2 Å². The summed E-state index contributed by atoms with van der Waals surface area (Å²) in [6.07, 6.45) is 8.17. The fourth-order valence-corrected chi connectivity index (χ4v) is 3.35. The summed E-state index contributed by atoms with van der Waals surface area (Å²) in [5.41, 5.74) is 1.24. The molecule has 1 N–H and O–H groups in total. The van der Waals surface area contributed by atoms with Crippen molar-refractivity contribution in [2.75, 3.05) is 11.9 Å². The largest absolute Gasteiger partial charge is 0.462 e. The van der Waals surface area contributed by atoms with E-state index in [-0.39, 0.29) is 17.8 Å². The normalized spacial score (nSPS) is 20.4. The summed E-state index contributed by atoms with van der Waals surface area (Å²) in [7, 11) is 0. The highest BCUT2D eigenvalue weighted by molar-refractivity contribution is 5.94. The highest BCUT2D eigenvalue weighted by Gasteiger charge is 2.26. The van der Waals surface area contributed by atoms with Crippen LogP contribution < -0.4 is 5.32 Å². The van der Waals surface area contributed by atoms with E-state index in [1.807, 2.05) is 0 Å². The molecule has 0 heterocycles. The van der Waals surface area contributed by atoms with Gasteiger partial charge in [0, 0.05) is 11.6 Å². The molecule has 132 valence electrons. The lowest BCUT2D eigenvalue weighted by atomic mass is 9.79. The van der Waals surface area contributed by atoms with Gasteiger partial charge in [-0.25, -0.2) is 4.79 Å². The van der Waals surface area contributed by atoms with E-state index in [1.54, 1.807) is 31.2 Å². The topological polar surface area (TPSA) is 55.4 Å². The Morgan fingerprint density at radius 3 is 2.33 bits per heavy atom. The van der Waals surface area contributed by atoms with E-state index in [9.17, 15) is 9.59 Å². The molecule has 0 saturated heterocycles. The zero-order valence-electron chi connectivity index (χ0n) is 14.8. The molecule has 1 amide bonds. The molecular weight excluding hydrogens is 302 g/mol. The summed E-state index contributed by atoms with van der Waals surface area (Å²) in [6.45, 7) is 4.37. The van der Waals surface area contributed by atoms with Crippen LogP contribution in [0.3, 0.4) is 0 Å². The zero-order chi connectivity index (χ0) is 17.4. The Bertz CT molecular complexity index is 530. The average Bonchev–Trinajstić information content (AvgIpc) is 2.61. The van der Waals surface area contributed by atoms with Crippen molar-refractivity contribution < 1.29 is 14.3 Å². The minimum absolute atomic E-state index is 0.104. The van der Waals surface area contributed by atoms with Crippen molar-refractivity contribution in [3.63, 3.8) is 0 Å². The first-order valence-corrected chi connectivity index (χ1v) is 9.22. The Hall–Kier alpha value is -1.84. The number of carbonyl (C=O) groups is 2. The van der Waals surface area contributed by atoms with Crippen molar-refractivity contribution in [2.24, 2.45) is 11.8 Å². The number of unbranched alkanes of at least 4 members (excludes halogenated alkanes) is 1. The monoisotopic (exact) mass is 331 g/mol. The predicted octanol–water partition coefficient (Wildman–Crippen LogP) is 4.80. The molecule has 0 unspecified atom stereocenters. The maximum absolute atomic E-state index is 12.4. The van der Waals surface area contributed by atoms with E-state index in [2.05, 4.69) is 12.2 Å². The summed E-state index contributed by atoms with van der Waals surface area (Å²) in [5, 5.41) is 2.98. The quantitative estimate of drug-likeness (QED) is 0.730. The predicted molar refractivity (Wildman–Crippen MR) is 96.0 cm³/mol. The maximum Gasteiger partial charge on any atom is 0.338 e. The Morgan fingerprint density at radius 2 is 1.75 bits per heavy atom. The van der Waals surface area contributed by atoms with Gasteiger partial charge in [0.25, 0.3) is 0 Å². The van der Waals surface area contributed by atoms with E-state index in [1.165, 1.54) is 32.1 Å². The Balaban J connectivity index is 1.81. The molecule has 0 spiro atoms. The smallest absolute Gasteiger partial charge is 0.338 e. The molecule has 24 heavy (non-hydrogen) atoms. The van der Waals surface area contributed by atoms with Crippen LogP contribution in [0.4, 0.5) is 5.69 Å². The molecule has 4 nitrogen and oxygen atoms in total. The van der Waals surface area contributed by atoms with Crippen molar-refractivity contribution in [1.82, 2.24) is 0 Å². The summed E-state index contributed by atoms with van der Waals surface area (Å²) in [4.78, 5) is 24.0. The molecule has 1 aromatic carbocycles. The third-order valence-electron chi connectivity index (χ3n) is 4.85. The average molecular weight is 331 g/mol. The first kappa shape index (κ1) is 18.5. The molecule has 2 rings (SSSR count). The van der Waals surface area contributed by atoms with Crippen LogP contribution in [0.5, 0.6) is 0 Å². The number of nitrogens with one attached hydrogen (secondary N) is 1. The number of rotatable bonds is 7. The SMILES string of the molecule is CCCCC1CCC(C(=O)Nc2ccc(C(=O)OCC)cc2)CC1.